The van der Waals surface area contributed by atoms with E-state index >= 15 is 0 Å². The number of alkyl halides is 1. The van der Waals surface area contributed by atoms with Gasteiger partial charge in [0, 0.05) is 31.1 Å². The Bertz CT molecular complexity index is 758. The normalized spacial score (nSPS) is 28.3. The van der Waals surface area contributed by atoms with Crippen LogP contribution in [-0.2, 0) is 11.3 Å². The summed E-state index contributed by atoms with van der Waals surface area (Å²) >= 11 is 0. The van der Waals surface area contributed by atoms with Crippen molar-refractivity contribution in [2.45, 2.75) is 32.2 Å². The number of allylic oxidation sites excluding steroid dienone is 1. The predicted octanol–water partition coefficient (Wildman–Crippen LogP) is 3.72. The summed E-state index contributed by atoms with van der Waals surface area (Å²) in [6.45, 7) is 1.87. The molecule has 144 valence electrons. The zero-order chi connectivity index (χ0) is 18.9. The summed E-state index contributed by atoms with van der Waals surface area (Å²) < 4.78 is 13.2. The minimum atomic E-state index is -0.553. The molecule has 2 saturated carbocycles. The third kappa shape index (κ3) is 3.71. The van der Waals surface area contributed by atoms with Gasteiger partial charge in [-0.25, -0.2) is 9.87 Å². The largest absolute Gasteiger partial charge is 0.296 e. The van der Waals surface area contributed by atoms with Crippen molar-refractivity contribution in [1.29, 1.82) is 0 Å². The number of benzene rings is 1. The van der Waals surface area contributed by atoms with Crippen LogP contribution < -0.4 is 5.48 Å². The van der Waals surface area contributed by atoms with Crippen molar-refractivity contribution in [1.82, 2.24) is 10.4 Å². The van der Waals surface area contributed by atoms with Gasteiger partial charge in [0.2, 0.25) is 0 Å². The first-order valence-electron chi connectivity index (χ1n) is 9.82. The Morgan fingerprint density at radius 1 is 1.33 bits per heavy atom. The molecule has 4 bridgehead atoms. The average Bonchev–Trinajstić information content (AvgIpc) is 2.67. The predicted molar refractivity (Wildman–Crippen MR) is 103 cm³/mol. The van der Waals surface area contributed by atoms with Gasteiger partial charge < -0.3 is 0 Å². The summed E-state index contributed by atoms with van der Waals surface area (Å²) in [6, 6.07) is 7.92. The summed E-state index contributed by atoms with van der Waals surface area (Å²) in [6.07, 6.45) is 10.6. The second-order valence-electron chi connectivity index (χ2n) is 8.33. The van der Waals surface area contributed by atoms with Crippen LogP contribution in [-0.4, -0.2) is 35.8 Å². The van der Waals surface area contributed by atoms with Gasteiger partial charge in [-0.1, -0.05) is 35.9 Å². The van der Waals surface area contributed by atoms with Crippen molar-refractivity contribution in [2.75, 3.05) is 19.8 Å². The van der Waals surface area contributed by atoms with Gasteiger partial charge in [0.15, 0.2) is 0 Å². The highest BCUT2D eigenvalue weighted by Gasteiger charge is 2.56. The number of hydroxylamine groups is 1. The Balaban J connectivity index is 1.40. The number of carbonyl (C=O) groups excluding carboxylic acids is 1. The van der Waals surface area contributed by atoms with E-state index in [9.17, 15) is 9.18 Å². The maximum atomic E-state index is 13.2. The fraction of sp³-hybridized carbons (Fsp3) is 0.500. The first kappa shape index (κ1) is 18.4. The van der Waals surface area contributed by atoms with Crippen LogP contribution in [0.3, 0.4) is 0 Å². The van der Waals surface area contributed by atoms with E-state index in [2.05, 4.69) is 11.0 Å². The summed E-state index contributed by atoms with van der Waals surface area (Å²) in [7, 11) is 0. The highest BCUT2D eigenvalue weighted by Crippen LogP contribution is 2.65. The molecular formula is C22H27FN2O2. The summed E-state index contributed by atoms with van der Waals surface area (Å²) in [5.74, 6) is 1.10. The van der Waals surface area contributed by atoms with Crippen molar-refractivity contribution >= 4 is 12.0 Å². The molecule has 4 aliphatic carbocycles. The molecule has 2 N–H and O–H groups in total. The van der Waals surface area contributed by atoms with E-state index < -0.39 is 5.91 Å². The molecule has 0 heterocycles. The van der Waals surface area contributed by atoms with Crippen LogP contribution in [0.15, 0.2) is 42.0 Å². The van der Waals surface area contributed by atoms with E-state index in [4.69, 9.17) is 5.21 Å². The van der Waals surface area contributed by atoms with E-state index in [1.54, 1.807) is 17.1 Å². The smallest absolute Gasteiger partial charge is 0.267 e. The molecule has 27 heavy (non-hydrogen) atoms. The van der Waals surface area contributed by atoms with Gasteiger partial charge >= 0.3 is 0 Å². The van der Waals surface area contributed by atoms with Gasteiger partial charge in [0.05, 0.1) is 0 Å². The number of fused-ring (bicyclic) bond motifs is 1. The maximum absolute atomic E-state index is 13.2. The van der Waals surface area contributed by atoms with Crippen LogP contribution in [0.4, 0.5) is 4.39 Å². The highest BCUT2D eigenvalue weighted by molar-refractivity contribution is 5.90. The third-order valence-electron chi connectivity index (χ3n) is 6.51. The lowest BCUT2D eigenvalue weighted by Crippen LogP contribution is -2.55. The lowest BCUT2D eigenvalue weighted by molar-refractivity contribution is -0.124. The number of nitrogens with one attached hydrogen (secondary N) is 1. The molecule has 5 heteroatoms. The van der Waals surface area contributed by atoms with E-state index in [0.717, 1.165) is 36.1 Å². The Kier molecular flexibility index (Phi) is 5.15. The molecule has 0 aliphatic heterocycles. The number of hydrogen-bond acceptors (Lipinski definition) is 3. The minimum absolute atomic E-state index is 0.320. The van der Waals surface area contributed by atoms with Gasteiger partial charge in [-0.2, -0.15) is 0 Å². The monoisotopic (exact) mass is 370 g/mol. The van der Waals surface area contributed by atoms with Crippen LogP contribution in [0.5, 0.6) is 0 Å². The highest BCUT2D eigenvalue weighted by atomic mass is 19.1. The first-order chi connectivity index (χ1) is 13.1. The van der Waals surface area contributed by atoms with Gasteiger partial charge in [-0.15, -0.1) is 0 Å². The zero-order valence-electron chi connectivity index (χ0n) is 15.5. The molecule has 3 atom stereocenters. The van der Waals surface area contributed by atoms with E-state index in [-0.39, 0.29) is 6.67 Å². The minimum Gasteiger partial charge on any atom is -0.296 e. The number of rotatable bonds is 8. The Morgan fingerprint density at radius 2 is 2.15 bits per heavy atom. The molecule has 0 saturated heterocycles. The van der Waals surface area contributed by atoms with Gasteiger partial charge in [0.25, 0.3) is 5.91 Å². The summed E-state index contributed by atoms with van der Waals surface area (Å²) in [5, 5.41) is 8.51. The lowest BCUT2D eigenvalue weighted by Gasteiger charge is -2.62. The second-order valence-corrected chi connectivity index (χ2v) is 8.33. The molecular weight excluding hydrogens is 343 g/mol. The van der Waals surface area contributed by atoms with Crippen molar-refractivity contribution < 1.29 is 14.4 Å². The van der Waals surface area contributed by atoms with Crippen molar-refractivity contribution in [3.8, 4) is 0 Å². The molecule has 2 fully saturated rings. The van der Waals surface area contributed by atoms with Crippen LogP contribution >= 0.6 is 0 Å². The lowest BCUT2D eigenvalue weighted by atomic mass is 9.45. The number of carbonyl (C=O) groups is 1. The van der Waals surface area contributed by atoms with Crippen molar-refractivity contribution in [3.63, 3.8) is 0 Å². The van der Waals surface area contributed by atoms with Crippen molar-refractivity contribution in [2.24, 2.45) is 17.3 Å². The van der Waals surface area contributed by atoms with E-state index in [0.29, 0.717) is 12.0 Å². The standard InChI is InChI=1S/C22H27FN2O2/c23-9-10-25(15-22-12-18-5-7-20(22)19(11-18)13-22)14-17-3-1-16(2-4-17)6-8-21(26)24-27/h1-4,6-8,18-19,27H,5,9-15H2,(H,24,26)/b8-6+. The Labute approximate surface area is 159 Å². The maximum Gasteiger partial charge on any atom is 0.267 e. The van der Waals surface area contributed by atoms with Gasteiger partial charge in [-0.05, 0) is 54.7 Å². The number of nitrogens with zero attached hydrogens (tertiary/aromatic N) is 1. The molecule has 0 radical (unpaired) electrons. The molecule has 0 spiro atoms. The quantitative estimate of drug-likeness (QED) is 0.317. The molecule has 4 nitrogen and oxygen atoms in total. The SMILES string of the molecule is O=C(/C=C/c1ccc(CN(CCF)CC23CC4CC=C2C(C4)C3)cc1)NO. The second kappa shape index (κ2) is 7.56. The van der Waals surface area contributed by atoms with Gasteiger partial charge in [0.1, 0.15) is 6.67 Å². The van der Waals surface area contributed by atoms with Crippen LogP contribution in [0, 0.1) is 17.3 Å². The fourth-order valence-corrected chi connectivity index (χ4v) is 5.49. The van der Waals surface area contributed by atoms with E-state index in [1.165, 1.54) is 31.8 Å². The Morgan fingerprint density at radius 3 is 2.78 bits per heavy atom. The number of halogens is 1. The van der Waals surface area contributed by atoms with Crippen molar-refractivity contribution in [3.05, 3.63) is 53.1 Å². The average molecular weight is 370 g/mol. The topological polar surface area (TPSA) is 52.6 Å². The van der Waals surface area contributed by atoms with E-state index in [1.807, 2.05) is 24.3 Å². The summed E-state index contributed by atoms with van der Waals surface area (Å²) in [5.41, 5.74) is 5.59. The number of hydrogen-bond donors (Lipinski definition) is 2. The van der Waals surface area contributed by atoms with Crippen LogP contribution in [0.2, 0.25) is 0 Å². The molecule has 3 unspecified atom stereocenters. The zero-order valence-corrected chi connectivity index (χ0v) is 15.5. The first-order valence-corrected chi connectivity index (χ1v) is 9.82. The van der Waals surface area contributed by atoms with Crippen LogP contribution in [0.1, 0.15) is 36.8 Å². The van der Waals surface area contributed by atoms with Crippen LogP contribution in [0.25, 0.3) is 6.08 Å². The molecule has 4 aliphatic rings. The fourth-order valence-electron chi connectivity index (χ4n) is 5.49. The molecule has 1 aromatic rings. The molecule has 0 aromatic heterocycles. The van der Waals surface area contributed by atoms with Gasteiger partial charge in [-0.3, -0.25) is 14.9 Å². The molecule has 1 amide bonds. The molecule has 5 rings (SSSR count). The summed E-state index contributed by atoms with van der Waals surface area (Å²) in [4.78, 5) is 13.3. The third-order valence-corrected chi connectivity index (χ3v) is 6.51. The molecule has 1 aromatic carbocycles. The number of amides is 1. The Hall–Kier alpha value is -1.98.